The zero-order chi connectivity index (χ0) is 13.9. The van der Waals surface area contributed by atoms with Crippen LogP contribution in [0, 0.1) is 0 Å². The third-order valence-electron chi connectivity index (χ3n) is 3.27. The summed E-state index contributed by atoms with van der Waals surface area (Å²) in [6.07, 6.45) is 0.229. The second-order valence-corrected chi connectivity index (χ2v) is 6.60. The maximum atomic E-state index is 11.9. The average Bonchev–Trinajstić information content (AvgIpc) is 2.66. The normalized spacial score (nSPS) is 22.4. The Morgan fingerprint density at radius 1 is 1.42 bits per heavy atom. The molecule has 2 atom stereocenters. The standard InChI is InChI=1S/C13H19NO4S/c1-18-7-4-8-19(16,17)14-13-11-6-3-2-5-10(11)9-12(13)15/h2-3,5-6,12-15H,4,7-9H2,1H3/t12-,13+/m1/s1. The van der Waals surface area contributed by atoms with Gasteiger partial charge in [0.25, 0.3) is 0 Å². The van der Waals surface area contributed by atoms with Crippen molar-refractivity contribution in [2.24, 2.45) is 0 Å². The predicted molar refractivity (Wildman–Crippen MR) is 72.3 cm³/mol. The summed E-state index contributed by atoms with van der Waals surface area (Å²) in [5.41, 5.74) is 1.87. The Bertz CT molecular complexity index is 529. The number of methoxy groups -OCH3 is 1. The molecule has 0 aliphatic heterocycles. The van der Waals surface area contributed by atoms with E-state index in [4.69, 9.17) is 4.74 Å². The van der Waals surface area contributed by atoms with Gasteiger partial charge < -0.3 is 9.84 Å². The van der Waals surface area contributed by atoms with Crippen molar-refractivity contribution in [2.75, 3.05) is 19.5 Å². The molecule has 106 valence electrons. The molecule has 0 spiro atoms. The van der Waals surface area contributed by atoms with Crippen molar-refractivity contribution in [3.63, 3.8) is 0 Å². The van der Waals surface area contributed by atoms with E-state index in [1.807, 2.05) is 24.3 Å². The number of rotatable bonds is 6. The summed E-state index contributed by atoms with van der Waals surface area (Å²) >= 11 is 0. The number of fused-ring (bicyclic) bond motifs is 1. The third kappa shape index (κ3) is 3.54. The molecule has 1 aromatic carbocycles. The van der Waals surface area contributed by atoms with Crippen molar-refractivity contribution < 1.29 is 18.3 Å². The van der Waals surface area contributed by atoms with Crippen molar-refractivity contribution in [2.45, 2.75) is 25.0 Å². The highest BCUT2D eigenvalue weighted by Crippen LogP contribution is 2.31. The Balaban J connectivity index is 2.07. The van der Waals surface area contributed by atoms with Gasteiger partial charge in [-0.2, -0.15) is 0 Å². The average molecular weight is 285 g/mol. The Morgan fingerprint density at radius 2 is 2.16 bits per heavy atom. The summed E-state index contributed by atoms with van der Waals surface area (Å²) in [6, 6.07) is 6.97. The van der Waals surface area contributed by atoms with E-state index in [0.717, 1.165) is 11.1 Å². The molecule has 1 aromatic rings. The fourth-order valence-corrected chi connectivity index (χ4v) is 3.65. The first-order chi connectivity index (χ1) is 9.03. The second kappa shape index (κ2) is 6.00. The quantitative estimate of drug-likeness (QED) is 0.751. The fraction of sp³-hybridized carbons (Fsp3) is 0.538. The lowest BCUT2D eigenvalue weighted by Gasteiger charge is -2.17. The van der Waals surface area contributed by atoms with Crippen LogP contribution in [-0.4, -0.2) is 39.1 Å². The minimum absolute atomic E-state index is 0.00618. The Hall–Kier alpha value is -0.950. The zero-order valence-corrected chi connectivity index (χ0v) is 11.7. The summed E-state index contributed by atoms with van der Waals surface area (Å²) in [5.74, 6) is 0.00618. The van der Waals surface area contributed by atoms with E-state index in [1.165, 1.54) is 7.11 Å². The summed E-state index contributed by atoms with van der Waals surface area (Å²) in [6.45, 7) is 0.407. The van der Waals surface area contributed by atoms with Gasteiger partial charge in [-0.3, -0.25) is 0 Å². The minimum Gasteiger partial charge on any atom is -0.391 e. The van der Waals surface area contributed by atoms with Crippen LogP contribution in [0.3, 0.4) is 0 Å². The molecule has 2 N–H and O–H groups in total. The van der Waals surface area contributed by atoms with Gasteiger partial charge in [-0.1, -0.05) is 24.3 Å². The number of ether oxygens (including phenoxy) is 1. The molecule has 0 fully saturated rings. The van der Waals surface area contributed by atoms with Gasteiger partial charge in [0.1, 0.15) is 0 Å². The molecule has 0 amide bonds. The van der Waals surface area contributed by atoms with Crippen molar-refractivity contribution in [3.8, 4) is 0 Å². The topological polar surface area (TPSA) is 75.6 Å². The maximum Gasteiger partial charge on any atom is 0.212 e. The van der Waals surface area contributed by atoms with E-state index >= 15 is 0 Å². The number of aliphatic hydroxyl groups is 1. The van der Waals surface area contributed by atoms with Crippen LogP contribution in [0.25, 0.3) is 0 Å². The maximum absolute atomic E-state index is 11.9. The molecule has 0 radical (unpaired) electrons. The number of hydrogen-bond acceptors (Lipinski definition) is 4. The molecule has 0 bridgehead atoms. The zero-order valence-electron chi connectivity index (χ0n) is 10.9. The number of hydrogen-bond donors (Lipinski definition) is 2. The van der Waals surface area contributed by atoms with Gasteiger partial charge in [0.2, 0.25) is 10.0 Å². The molecule has 0 heterocycles. The lowest BCUT2D eigenvalue weighted by molar-refractivity contribution is 0.151. The van der Waals surface area contributed by atoms with Gasteiger partial charge >= 0.3 is 0 Å². The van der Waals surface area contributed by atoms with E-state index in [9.17, 15) is 13.5 Å². The first kappa shape index (κ1) is 14.5. The minimum atomic E-state index is -3.40. The number of nitrogens with one attached hydrogen (secondary N) is 1. The van der Waals surface area contributed by atoms with Crippen molar-refractivity contribution in [1.29, 1.82) is 0 Å². The van der Waals surface area contributed by atoms with Crippen molar-refractivity contribution >= 4 is 10.0 Å². The highest BCUT2D eigenvalue weighted by Gasteiger charge is 2.33. The number of sulfonamides is 1. The number of aliphatic hydroxyl groups excluding tert-OH is 1. The van der Waals surface area contributed by atoms with Gasteiger partial charge in [-0.15, -0.1) is 0 Å². The molecule has 1 aliphatic carbocycles. The Labute approximate surface area is 113 Å². The van der Waals surface area contributed by atoms with Gasteiger partial charge in [0.05, 0.1) is 17.9 Å². The smallest absolute Gasteiger partial charge is 0.212 e. The molecule has 0 unspecified atom stereocenters. The highest BCUT2D eigenvalue weighted by molar-refractivity contribution is 7.89. The molecule has 19 heavy (non-hydrogen) atoms. The van der Waals surface area contributed by atoms with Gasteiger partial charge in [0.15, 0.2) is 0 Å². The lowest BCUT2D eigenvalue weighted by Crippen LogP contribution is -2.35. The molecule has 6 heteroatoms. The molecule has 0 saturated carbocycles. The second-order valence-electron chi connectivity index (χ2n) is 4.73. The Morgan fingerprint density at radius 3 is 2.89 bits per heavy atom. The summed E-state index contributed by atoms with van der Waals surface area (Å²) in [5, 5.41) is 9.99. The van der Waals surface area contributed by atoms with Gasteiger partial charge in [0, 0.05) is 20.1 Å². The van der Waals surface area contributed by atoms with Crippen LogP contribution in [-0.2, 0) is 21.2 Å². The lowest BCUT2D eigenvalue weighted by atomic mass is 10.1. The van der Waals surface area contributed by atoms with Crippen molar-refractivity contribution in [3.05, 3.63) is 35.4 Å². The highest BCUT2D eigenvalue weighted by atomic mass is 32.2. The molecule has 0 saturated heterocycles. The van der Waals surface area contributed by atoms with Crippen LogP contribution >= 0.6 is 0 Å². The van der Waals surface area contributed by atoms with Crippen LogP contribution in [0.4, 0.5) is 0 Å². The summed E-state index contributed by atoms with van der Waals surface area (Å²) < 4.78 is 31.3. The fourth-order valence-electron chi connectivity index (χ4n) is 2.36. The van der Waals surface area contributed by atoms with E-state index in [1.54, 1.807) is 0 Å². The van der Waals surface area contributed by atoms with Crippen molar-refractivity contribution in [1.82, 2.24) is 4.72 Å². The molecule has 5 nitrogen and oxygen atoms in total. The summed E-state index contributed by atoms with van der Waals surface area (Å²) in [7, 11) is -1.86. The SMILES string of the molecule is COCCCS(=O)(=O)N[C@H]1c2ccccc2C[C@H]1O. The van der Waals surface area contributed by atoms with Crippen LogP contribution in [0.5, 0.6) is 0 Å². The van der Waals surface area contributed by atoms with E-state index in [2.05, 4.69) is 4.72 Å². The van der Waals surface area contributed by atoms with Crippen LogP contribution in [0.2, 0.25) is 0 Å². The predicted octanol–water partition coefficient (Wildman–Crippen LogP) is 0.601. The van der Waals surface area contributed by atoms with Crippen LogP contribution < -0.4 is 4.72 Å². The van der Waals surface area contributed by atoms with Crippen LogP contribution in [0.15, 0.2) is 24.3 Å². The van der Waals surface area contributed by atoms with E-state index < -0.39 is 22.2 Å². The van der Waals surface area contributed by atoms with Gasteiger partial charge in [-0.05, 0) is 17.5 Å². The van der Waals surface area contributed by atoms with E-state index in [-0.39, 0.29) is 5.75 Å². The molecule has 2 rings (SSSR count). The third-order valence-corrected chi connectivity index (χ3v) is 4.71. The van der Waals surface area contributed by atoms with Gasteiger partial charge in [-0.25, -0.2) is 13.1 Å². The first-order valence-corrected chi connectivity index (χ1v) is 7.93. The molecular formula is C13H19NO4S. The largest absolute Gasteiger partial charge is 0.391 e. The molecular weight excluding hydrogens is 266 g/mol. The van der Waals surface area contributed by atoms with E-state index in [0.29, 0.717) is 19.4 Å². The molecule has 1 aliphatic rings. The Kier molecular flexibility index (Phi) is 4.57. The first-order valence-electron chi connectivity index (χ1n) is 6.28. The number of benzene rings is 1. The van der Waals surface area contributed by atoms with Crippen LogP contribution in [0.1, 0.15) is 23.6 Å². The monoisotopic (exact) mass is 285 g/mol. The molecule has 0 aromatic heterocycles. The summed E-state index contributed by atoms with van der Waals surface area (Å²) in [4.78, 5) is 0.